The van der Waals surface area contributed by atoms with E-state index in [4.69, 9.17) is 4.42 Å². The van der Waals surface area contributed by atoms with Crippen molar-refractivity contribution in [1.29, 1.82) is 0 Å². The van der Waals surface area contributed by atoms with Gasteiger partial charge in [0.1, 0.15) is 6.54 Å². The Balaban J connectivity index is 1.86. The van der Waals surface area contributed by atoms with E-state index in [1.165, 1.54) is 0 Å². The molecule has 100 valence electrons. The summed E-state index contributed by atoms with van der Waals surface area (Å²) in [6, 6.07) is 11.5. The highest BCUT2D eigenvalue weighted by Crippen LogP contribution is 2.12. The van der Waals surface area contributed by atoms with Crippen molar-refractivity contribution in [2.45, 2.75) is 13.5 Å². The van der Waals surface area contributed by atoms with Crippen molar-refractivity contribution in [3.8, 4) is 0 Å². The molecule has 2 rings (SSSR count). The maximum absolute atomic E-state index is 11.9. The molecular weight excluding hydrogens is 240 g/mol. The van der Waals surface area contributed by atoms with Crippen molar-refractivity contribution >= 4 is 11.6 Å². The van der Waals surface area contributed by atoms with E-state index in [1.807, 2.05) is 50.4 Å². The van der Waals surface area contributed by atoms with E-state index >= 15 is 0 Å². The highest BCUT2D eigenvalue weighted by molar-refractivity contribution is 5.92. The van der Waals surface area contributed by atoms with E-state index in [-0.39, 0.29) is 5.91 Å². The number of rotatable bonds is 5. The van der Waals surface area contributed by atoms with Gasteiger partial charge in [-0.1, -0.05) is 18.2 Å². The number of benzene rings is 1. The molecule has 19 heavy (non-hydrogen) atoms. The van der Waals surface area contributed by atoms with Crippen molar-refractivity contribution in [2.75, 3.05) is 18.9 Å². The second kappa shape index (κ2) is 6.20. The van der Waals surface area contributed by atoms with E-state index in [0.29, 0.717) is 13.1 Å². The maximum Gasteiger partial charge on any atom is 0.279 e. The van der Waals surface area contributed by atoms with Gasteiger partial charge in [0.05, 0.1) is 13.3 Å². The molecule has 0 aliphatic carbocycles. The number of para-hydroxylation sites is 1. The van der Waals surface area contributed by atoms with Crippen LogP contribution in [0, 0.1) is 6.92 Å². The second-order valence-corrected chi connectivity index (χ2v) is 4.75. The zero-order valence-corrected chi connectivity index (χ0v) is 11.3. The number of hydrogen-bond acceptors (Lipinski definition) is 2. The number of nitrogens with one attached hydrogen (secondary N) is 2. The number of quaternary nitrogens is 1. The Morgan fingerprint density at radius 3 is 2.74 bits per heavy atom. The summed E-state index contributed by atoms with van der Waals surface area (Å²) in [5, 5.41) is 2.93. The van der Waals surface area contributed by atoms with Gasteiger partial charge in [0.2, 0.25) is 0 Å². The summed E-state index contributed by atoms with van der Waals surface area (Å²) in [5.74, 6) is 0.902. The van der Waals surface area contributed by atoms with Crippen molar-refractivity contribution < 1.29 is 14.1 Å². The van der Waals surface area contributed by atoms with Gasteiger partial charge in [-0.05, 0) is 30.7 Å². The lowest BCUT2D eigenvalue weighted by atomic mass is 10.2. The fourth-order valence-electron chi connectivity index (χ4n) is 1.95. The number of anilines is 1. The van der Waals surface area contributed by atoms with Crippen LogP contribution in [-0.4, -0.2) is 19.5 Å². The van der Waals surface area contributed by atoms with Crippen LogP contribution in [0.15, 0.2) is 47.1 Å². The van der Waals surface area contributed by atoms with Crippen LogP contribution in [-0.2, 0) is 11.3 Å². The molecule has 1 unspecified atom stereocenters. The summed E-state index contributed by atoms with van der Waals surface area (Å²) in [6.07, 6.45) is 1.65. The number of hydrogen-bond donors (Lipinski definition) is 2. The monoisotopic (exact) mass is 259 g/mol. The molecule has 0 aliphatic rings. The minimum Gasteiger partial charge on any atom is -0.463 e. The Kier molecular flexibility index (Phi) is 4.36. The summed E-state index contributed by atoms with van der Waals surface area (Å²) >= 11 is 0. The van der Waals surface area contributed by atoms with Crippen molar-refractivity contribution in [3.05, 3.63) is 54.0 Å². The Morgan fingerprint density at radius 1 is 1.26 bits per heavy atom. The molecule has 4 nitrogen and oxygen atoms in total. The predicted molar refractivity (Wildman–Crippen MR) is 74.0 cm³/mol. The lowest BCUT2D eigenvalue weighted by molar-refractivity contribution is -0.886. The van der Waals surface area contributed by atoms with Gasteiger partial charge in [-0.3, -0.25) is 4.79 Å². The van der Waals surface area contributed by atoms with E-state index in [0.717, 1.165) is 21.9 Å². The van der Waals surface area contributed by atoms with Crippen LogP contribution in [0.3, 0.4) is 0 Å². The minimum absolute atomic E-state index is 0.0124. The zero-order valence-electron chi connectivity index (χ0n) is 11.3. The topological polar surface area (TPSA) is 46.7 Å². The molecule has 0 fully saturated rings. The molecule has 4 heteroatoms. The standard InChI is InChI=1S/C15H18N2O2/c1-12-6-3-4-8-14(12)16-15(18)11-17(2)10-13-7-5-9-19-13/h3-9H,10-11H2,1-2H3,(H,16,18)/p+1. The fourth-order valence-corrected chi connectivity index (χ4v) is 1.95. The smallest absolute Gasteiger partial charge is 0.279 e. The van der Waals surface area contributed by atoms with Gasteiger partial charge < -0.3 is 14.6 Å². The van der Waals surface area contributed by atoms with Crippen LogP contribution in [0.25, 0.3) is 0 Å². The molecule has 2 aromatic rings. The number of furan rings is 1. The molecule has 2 N–H and O–H groups in total. The molecule has 0 radical (unpaired) electrons. The number of likely N-dealkylation sites (N-methyl/N-ethyl adjacent to an activating group) is 1. The van der Waals surface area contributed by atoms with Gasteiger partial charge in [0.15, 0.2) is 12.3 Å². The normalized spacial score (nSPS) is 12.1. The third-order valence-corrected chi connectivity index (χ3v) is 2.94. The Morgan fingerprint density at radius 2 is 2.05 bits per heavy atom. The minimum atomic E-state index is 0.0124. The fraction of sp³-hybridized carbons (Fsp3) is 0.267. The molecular formula is C15H19N2O2+. The van der Waals surface area contributed by atoms with Gasteiger partial charge in [-0.2, -0.15) is 0 Å². The molecule has 0 saturated heterocycles. The summed E-state index contributed by atoms with van der Waals surface area (Å²) < 4.78 is 5.27. The van der Waals surface area contributed by atoms with Crippen molar-refractivity contribution in [2.24, 2.45) is 0 Å². The summed E-state index contributed by atoms with van der Waals surface area (Å²) in [7, 11) is 1.97. The van der Waals surface area contributed by atoms with Gasteiger partial charge in [0.25, 0.3) is 5.91 Å². The Hall–Kier alpha value is -2.07. The quantitative estimate of drug-likeness (QED) is 0.848. The van der Waals surface area contributed by atoms with E-state index in [9.17, 15) is 4.79 Å². The van der Waals surface area contributed by atoms with Crippen molar-refractivity contribution in [3.63, 3.8) is 0 Å². The number of carbonyl (C=O) groups excluding carboxylic acids is 1. The summed E-state index contributed by atoms with van der Waals surface area (Å²) in [4.78, 5) is 13.0. The first-order chi connectivity index (χ1) is 9.15. The van der Waals surface area contributed by atoms with E-state index < -0.39 is 0 Å². The third kappa shape index (κ3) is 3.96. The van der Waals surface area contributed by atoms with Gasteiger partial charge in [-0.15, -0.1) is 0 Å². The zero-order chi connectivity index (χ0) is 13.7. The van der Waals surface area contributed by atoms with Gasteiger partial charge >= 0.3 is 0 Å². The average Bonchev–Trinajstić information content (AvgIpc) is 2.84. The molecule has 0 bridgehead atoms. The highest BCUT2D eigenvalue weighted by Gasteiger charge is 2.12. The SMILES string of the molecule is Cc1ccccc1NC(=O)C[NH+](C)Cc1ccco1. The maximum atomic E-state index is 11.9. The van der Waals surface area contributed by atoms with Crippen LogP contribution in [0.1, 0.15) is 11.3 Å². The van der Waals surface area contributed by atoms with E-state index in [1.54, 1.807) is 6.26 Å². The molecule has 1 heterocycles. The lowest BCUT2D eigenvalue weighted by Crippen LogP contribution is -3.08. The molecule has 1 aromatic heterocycles. The third-order valence-electron chi connectivity index (χ3n) is 2.94. The molecule has 1 atom stereocenters. The average molecular weight is 259 g/mol. The van der Waals surface area contributed by atoms with Crippen LogP contribution < -0.4 is 10.2 Å². The molecule has 0 aliphatic heterocycles. The van der Waals surface area contributed by atoms with Crippen LogP contribution in [0.2, 0.25) is 0 Å². The number of carbonyl (C=O) groups is 1. The van der Waals surface area contributed by atoms with Crippen LogP contribution >= 0.6 is 0 Å². The highest BCUT2D eigenvalue weighted by atomic mass is 16.3. The molecule has 0 saturated carbocycles. The molecule has 1 aromatic carbocycles. The first-order valence-electron chi connectivity index (χ1n) is 6.34. The summed E-state index contributed by atoms with van der Waals surface area (Å²) in [6.45, 7) is 3.10. The first-order valence-corrected chi connectivity index (χ1v) is 6.34. The lowest BCUT2D eigenvalue weighted by Gasteiger charge is -2.13. The number of amides is 1. The second-order valence-electron chi connectivity index (χ2n) is 4.75. The van der Waals surface area contributed by atoms with Gasteiger partial charge in [-0.25, -0.2) is 0 Å². The molecule has 0 spiro atoms. The Labute approximate surface area is 113 Å². The van der Waals surface area contributed by atoms with Gasteiger partial charge in [0, 0.05) is 5.69 Å². The largest absolute Gasteiger partial charge is 0.463 e. The molecule has 1 amide bonds. The predicted octanol–water partition coefficient (Wildman–Crippen LogP) is 1.24. The first kappa shape index (κ1) is 13.4. The Bertz CT molecular complexity index is 535. The van der Waals surface area contributed by atoms with Crippen LogP contribution in [0.5, 0.6) is 0 Å². The van der Waals surface area contributed by atoms with E-state index in [2.05, 4.69) is 5.32 Å². The van der Waals surface area contributed by atoms with Crippen LogP contribution in [0.4, 0.5) is 5.69 Å². The number of aryl methyl sites for hydroxylation is 1. The summed E-state index contributed by atoms with van der Waals surface area (Å²) in [5.41, 5.74) is 1.94. The van der Waals surface area contributed by atoms with Crippen molar-refractivity contribution in [1.82, 2.24) is 0 Å².